The zero-order valence-corrected chi connectivity index (χ0v) is 13.6. The number of hydrogen-bond acceptors (Lipinski definition) is 5. The van der Waals surface area contributed by atoms with Crippen molar-refractivity contribution < 1.29 is 18.0 Å². The van der Waals surface area contributed by atoms with E-state index < -0.39 is 6.43 Å². The van der Waals surface area contributed by atoms with Crippen LogP contribution in [-0.4, -0.2) is 48.2 Å². The molecule has 24 heavy (non-hydrogen) atoms. The Balaban J connectivity index is 1.59. The lowest BCUT2D eigenvalue weighted by Gasteiger charge is -2.30. The molecule has 2 aromatic rings. The van der Waals surface area contributed by atoms with E-state index >= 15 is 0 Å². The molecule has 0 atom stereocenters. The Morgan fingerprint density at radius 2 is 2.04 bits per heavy atom. The standard InChI is InChI=1S/C17H21F2N3O2/c1-23-14-5-3-2-4-13(14)17-20-16(24-21-17)10-12-6-8-22(9-7-12)11-15(18)19/h2-5,12,15H,6-11H2,1H3. The number of likely N-dealkylation sites (tertiary alicyclic amines) is 1. The van der Waals surface area contributed by atoms with E-state index in [9.17, 15) is 8.78 Å². The van der Waals surface area contributed by atoms with Gasteiger partial charge in [0, 0.05) is 6.42 Å². The summed E-state index contributed by atoms with van der Waals surface area (Å²) in [5.74, 6) is 2.19. The second-order valence-electron chi connectivity index (χ2n) is 6.05. The van der Waals surface area contributed by atoms with Gasteiger partial charge in [0.1, 0.15) is 5.75 Å². The van der Waals surface area contributed by atoms with Crippen LogP contribution in [0.15, 0.2) is 28.8 Å². The molecular weight excluding hydrogens is 316 g/mol. The third kappa shape index (κ3) is 4.08. The number of ether oxygens (including phenoxy) is 1. The monoisotopic (exact) mass is 337 g/mol. The van der Waals surface area contributed by atoms with Gasteiger partial charge in [-0.25, -0.2) is 8.78 Å². The van der Waals surface area contributed by atoms with E-state index in [1.807, 2.05) is 29.2 Å². The van der Waals surface area contributed by atoms with Gasteiger partial charge in [-0.15, -0.1) is 0 Å². The van der Waals surface area contributed by atoms with Crippen molar-refractivity contribution in [2.45, 2.75) is 25.7 Å². The smallest absolute Gasteiger partial charge is 0.251 e. The molecule has 0 unspecified atom stereocenters. The first-order chi connectivity index (χ1) is 11.7. The molecule has 1 fully saturated rings. The van der Waals surface area contributed by atoms with Crippen molar-refractivity contribution in [2.75, 3.05) is 26.7 Å². The molecule has 7 heteroatoms. The van der Waals surface area contributed by atoms with Crippen LogP contribution in [0.25, 0.3) is 11.4 Å². The summed E-state index contributed by atoms with van der Waals surface area (Å²) < 4.78 is 35.5. The highest BCUT2D eigenvalue weighted by Gasteiger charge is 2.23. The molecule has 0 amide bonds. The summed E-state index contributed by atoms with van der Waals surface area (Å²) in [4.78, 5) is 6.27. The number of piperidine rings is 1. The molecule has 1 aliphatic heterocycles. The van der Waals surface area contributed by atoms with Gasteiger partial charge in [-0.3, -0.25) is 4.90 Å². The Morgan fingerprint density at radius 3 is 2.75 bits per heavy atom. The molecule has 0 aliphatic carbocycles. The topological polar surface area (TPSA) is 51.4 Å². The van der Waals surface area contributed by atoms with Gasteiger partial charge in [0.25, 0.3) is 6.43 Å². The first kappa shape index (κ1) is 16.8. The predicted molar refractivity (Wildman–Crippen MR) is 85.2 cm³/mol. The van der Waals surface area contributed by atoms with Crippen LogP contribution in [-0.2, 0) is 6.42 Å². The van der Waals surface area contributed by atoms with Crippen LogP contribution in [0, 0.1) is 5.92 Å². The van der Waals surface area contributed by atoms with Crippen LogP contribution < -0.4 is 4.74 Å². The van der Waals surface area contributed by atoms with Crippen LogP contribution in [0.1, 0.15) is 18.7 Å². The summed E-state index contributed by atoms with van der Waals surface area (Å²) >= 11 is 0. The van der Waals surface area contributed by atoms with Crippen molar-refractivity contribution in [3.05, 3.63) is 30.2 Å². The van der Waals surface area contributed by atoms with E-state index in [2.05, 4.69) is 10.1 Å². The van der Waals surface area contributed by atoms with Crippen molar-refractivity contribution in [2.24, 2.45) is 5.92 Å². The zero-order chi connectivity index (χ0) is 16.9. The Bertz CT molecular complexity index is 655. The van der Waals surface area contributed by atoms with Gasteiger partial charge in [0.15, 0.2) is 0 Å². The minimum absolute atomic E-state index is 0.134. The normalized spacial score (nSPS) is 16.7. The average Bonchev–Trinajstić information content (AvgIpc) is 3.04. The Morgan fingerprint density at radius 1 is 1.29 bits per heavy atom. The number of alkyl halides is 2. The summed E-state index contributed by atoms with van der Waals surface area (Å²) in [5, 5.41) is 4.04. The van der Waals surface area contributed by atoms with Gasteiger partial charge in [-0.05, 0) is 44.0 Å². The number of hydrogen-bond donors (Lipinski definition) is 0. The maximum atomic E-state index is 12.4. The number of methoxy groups -OCH3 is 1. The van der Waals surface area contributed by atoms with E-state index in [4.69, 9.17) is 9.26 Å². The molecule has 3 rings (SSSR count). The maximum Gasteiger partial charge on any atom is 0.251 e. The van der Waals surface area contributed by atoms with Crippen LogP contribution >= 0.6 is 0 Å². The maximum absolute atomic E-state index is 12.4. The number of benzene rings is 1. The van der Waals surface area contributed by atoms with Crippen molar-refractivity contribution >= 4 is 0 Å². The average molecular weight is 337 g/mol. The number of nitrogens with zero attached hydrogens (tertiary/aromatic N) is 3. The summed E-state index contributed by atoms with van der Waals surface area (Å²) in [5.41, 5.74) is 0.793. The van der Waals surface area contributed by atoms with Gasteiger partial charge in [0.05, 0.1) is 19.2 Å². The van der Waals surface area contributed by atoms with Crippen LogP contribution in [0.3, 0.4) is 0 Å². The van der Waals surface area contributed by atoms with Crippen molar-refractivity contribution in [1.82, 2.24) is 15.0 Å². The van der Waals surface area contributed by atoms with Crippen LogP contribution in [0.5, 0.6) is 5.75 Å². The third-order valence-corrected chi connectivity index (χ3v) is 4.38. The summed E-state index contributed by atoms with van der Waals surface area (Å²) in [6, 6.07) is 7.52. The molecular formula is C17H21F2N3O2. The molecule has 0 saturated carbocycles. The molecule has 0 N–H and O–H groups in total. The fourth-order valence-electron chi connectivity index (χ4n) is 3.09. The summed E-state index contributed by atoms with van der Waals surface area (Å²) in [6.45, 7) is 1.26. The quantitative estimate of drug-likeness (QED) is 0.810. The lowest BCUT2D eigenvalue weighted by atomic mass is 9.93. The molecule has 1 aromatic carbocycles. The van der Waals surface area contributed by atoms with Crippen molar-refractivity contribution in [3.8, 4) is 17.1 Å². The second-order valence-corrected chi connectivity index (χ2v) is 6.05. The number of rotatable bonds is 6. The fourth-order valence-corrected chi connectivity index (χ4v) is 3.09. The number of halogens is 2. The van der Waals surface area contributed by atoms with E-state index in [1.165, 1.54) is 0 Å². The number of aromatic nitrogens is 2. The van der Waals surface area contributed by atoms with Crippen molar-refractivity contribution in [1.29, 1.82) is 0 Å². The highest BCUT2D eigenvalue weighted by Crippen LogP contribution is 2.28. The highest BCUT2D eigenvalue weighted by atomic mass is 19.3. The minimum atomic E-state index is -2.26. The van der Waals surface area contributed by atoms with E-state index in [0.29, 0.717) is 42.9 Å². The van der Waals surface area contributed by atoms with Crippen molar-refractivity contribution in [3.63, 3.8) is 0 Å². The highest BCUT2D eigenvalue weighted by molar-refractivity contribution is 5.63. The van der Waals surface area contributed by atoms with E-state index in [0.717, 1.165) is 18.4 Å². The largest absolute Gasteiger partial charge is 0.496 e. The van der Waals surface area contributed by atoms with E-state index in [1.54, 1.807) is 7.11 Å². The zero-order valence-electron chi connectivity index (χ0n) is 13.6. The van der Waals surface area contributed by atoms with E-state index in [-0.39, 0.29) is 6.54 Å². The lowest BCUT2D eigenvalue weighted by Crippen LogP contribution is -2.37. The molecule has 2 heterocycles. The van der Waals surface area contributed by atoms with Gasteiger partial charge in [-0.2, -0.15) is 4.98 Å². The molecule has 1 aliphatic rings. The van der Waals surface area contributed by atoms with Crippen LogP contribution in [0.4, 0.5) is 8.78 Å². The van der Waals surface area contributed by atoms with Gasteiger partial charge < -0.3 is 9.26 Å². The Hall–Kier alpha value is -2.02. The molecule has 5 nitrogen and oxygen atoms in total. The second kappa shape index (κ2) is 7.70. The predicted octanol–water partition coefficient (Wildman–Crippen LogP) is 3.26. The minimum Gasteiger partial charge on any atom is -0.496 e. The molecule has 1 aromatic heterocycles. The molecule has 130 valence electrons. The van der Waals surface area contributed by atoms with Gasteiger partial charge >= 0.3 is 0 Å². The van der Waals surface area contributed by atoms with Gasteiger partial charge in [0.2, 0.25) is 11.7 Å². The molecule has 0 bridgehead atoms. The lowest BCUT2D eigenvalue weighted by molar-refractivity contribution is 0.0681. The number of para-hydroxylation sites is 1. The van der Waals surface area contributed by atoms with Crippen LogP contribution in [0.2, 0.25) is 0 Å². The first-order valence-corrected chi connectivity index (χ1v) is 8.12. The molecule has 0 radical (unpaired) electrons. The summed E-state index contributed by atoms with van der Waals surface area (Å²) in [7, 11) is 1.60. The Labute approximate surface area is 139 Å². The summed E-state index contributed by atoms with van der Waals surface area (Å²) in [6.07, 6.45) is 0.170. The van der Waals surface area contributed by atoms with Gasteiger partial charge in [-0.1, -0.05) is 17.3 Å². The fraction of sp³-hybridized carbons (Fsp3) is 0.529. The molecule has 0 spiro atoms. The Kier molecular flexibility index (Phi) is 5.40. The SMILES string of the molecule is COc1ccccc1-c1noc(CC2CCN(CC(F)F)CC2)n1. The third-order valence-electron chi connectivity index (χ3n) is 4.38. The first-order valence-electron chi connectivity index (χ1n) is 8.12. The molecule has 1 saturated heterocycles.